The molecule has 0 aliphatic heterocycles. The van der Waals surface area contributed by atoms with Crippen LogP contribution in [0.1, 0.15) is 22.3 Å². The van der Waals surface area contributed by atoms with Crippen molar-refractivity contribution in [1.82, 2.24) is 0 Å². The molecular formula is C22H22O4S2. The van der Waals surface area contributed by atoms with Gasteiger partial charge in [-0.3, -0.25) is 9.59 Å². The molecular weight excluding hydrogens is 392 g/mol. The zero-order valence-electron chi connectivity index (χ0n) is 15.9. The van der Waals surface area contributed by atoms with Crippen molar-refractivity contribution in [3.63, 3.8) is 0 Å². The molecule has 0 unspecified atom stereocenters. The van der Waals surface area contributed by atoms with Gasteiger partial charge in [0.2, 0.25) is 0 Å². The highest BCUT2D eigenvalue weighted by Crippen LogP contribution is 2.46. The Balaban J connectivity index is 1.50. The van der Waals surface area contributed by atoms with Crippen LogP contribution in [0.4, 0.5) is 0 Å². The lowest BCUT2D eigenvalue weighted by molar-refractivity contribution is -0.145. The first-order chi connectivity index (χ1) is 13.6. The molecule has 0 fully saturated rings. The largest absolute Gasteiger partial charge is 0.469 e. The molecule has 0 aromatic heterocycles. The molecule has 28 heavy (non-hydrogen) atoms. The van der Waals surface area contributed by atoms with Crippen LogP contribution in [0.2, 0.25) is 0 Å². The Morgan fingerprint density at radius 3 is 1.57 bits per heavy atom. The molecule has 2 atom stereocenters. The summed E-state index contributed by atoms with van der Waals surface area (Å²) in [6.07, 6.45) is 2.98. The van der Waals surface area contributed by atoms with Crippen LogP contribution in [0.15, 0.2) is 46.2 Å². The van der Waals surface area contributed by atoms with Gasteiger partial charge in [0, 0.05) is 9.79 Å². The van der Waals surface area contributed by atoms with Gasteiger partial charge in [0.15, 0.2) is 0 Å². The van der Waals surface area contributed by atoms with Crippen molar-refractivity contribution in [2.24, 2.45) is 11.8 Å². The molecule has 0 saturated heterocycles. The van der Waals surface area contributed by atoms with Gasteiger partial charge < -0.3 is 9.47 Å². The van der Waals surface area contributed by atoms with Gasteiger partial charge in [0.25, 0.3) is 0 Å². The lowest BCUT2D eigenvalue weighted by atomic mass is 10.1. The fraction of sp³-hybridized carbons (Fsp3) is 0.364. The summed E-state index contributed by atoms with van der Waals surface area (Å²) in [7, 11) is 6.37. The Morgan fingerprint density at radius 1 is 0.750 bits per heavy atom. The number of fused-ring (bicyclic) bond motifs is 2. The highest BCUT2D eigenvalue weighted by Gasteiger charge is 2.31. The predicted molar refractivity (Wildman–Crippen MR) is 110 cm³/mol. The third kappa shape index (κ3) is 3.67. The highest BCUT2D eigenvalue weighted by atomic mass is 33.1. The topological polar surface area (TPSA) is 52.6 Å². The van der Waals surface area contributed by atoms with E-state index in [-0.39, 0.29) is 23.8 Å². The average Bonchev–Trinajstić information content (AvgIpc) is 3.35. The standard InChI is InChI=1S/C22H22O4S2/c1-25-21(23)15-9-13-5-3-7-19(17(13)11-15)27-28-20-8-4-6-14-10-16(12-18(14)20)22(24)26-2/h3-8,15-16H,9-12H2,1-2H3/t15-,16+. The van der Waals surface area contributed by atoms with Crippen LogP contribution in [0, 0.1) is 11.8 Å². The first-order valence-corrected chi connectivity index (χ1v) is 11.5. The lowest BCUT2D eigenvalue weighted by Gasteiger charge is -2.10. The van der Waals surface area contributed by atoms with E-state index < -0.39 is 0 Å². The van der Waals surface area contributed by atoms with Gasteiger partial charge in [-0.2, -0.15) is 0 Å². The van der Waals surface area contributed by atoms with Crippen LogP contribution < -0.4 is 0 Å². The van der Waals surface area contributed by atoms with Gasteiger partial charge in [-0.05, 0) is 60.1 Å². The number of rotatable bonds is 5. The van der Waals surface area contributed by atoms with Crippen LogP contribution in [0.25, 0.3) is 0 Å². The monoisotopic (exact) mass is 414 g/mol. The van der Waals surface area contributed by atoms with Gasteiger partial charge in [0.05, 0.1) is 26.1 Å². The van der Waals surface area contributed by atoms with E-state index in [1.165, 1.54) is 46.3 Å². The van der Waals surface area contributed by atoms with E-state index >= 15 is 0 Å². The molecule has 0 heterocycles. The fourth-order valence-corrected chi connectivity index (χ4v) is 6.70. The van der Waals surface area contributed by atoms with Gasteiger partial charge in [-0.15, -0.1) is 0 Å². The van der Waals surface area contributed by atoms with E-state index in [1.807, 2.05) is 0 Å². The summed E-state index contributed by atoms with van der Waals surface area (Å²) in [5.41, 5.74) is 5.00. The number of hydrogen-bond acceptors (Lipinski definition) is 6. The molecule has 0 spiro atoms. The third-order valence-electron chi connectivity index (χ3n) is 5.58. The molecule has 0 saturated carbocycles. The fourth-order valence-electron chi connectivity index (χ4n) is 4.15. The first-order valence-electron chi connectivity index (χ1n) is 9.32. The zero-order chi connectivity index (χ0) is 19.7. The van der Waals surface area contributed by atoms with E-state index in [0.717, 1.165) is 25.7 Å². The quantitative estimate of drug-likeness (QED) is 0.538. The van der Waals surface area contributed by atoms with Crippen molar-refractivity contribution in [3.05, 3.63) is 58.7 Å². The van der Waals surface area contributed by atoms with Gasteiger partial charge >= 0.3 is 11.9 Å². The summed E-state index contributed by atoms with van der Waals surface area (Å²) < 4.78 is 9.87. The number of benzene rings is 2. The summed E-state index contributed by atoms with van der Waals surface area (Å²) in [5, 5.41) is 0. The zero-order valence-corrected chi connectivity index (χ0v) is 17.5. The number of methoxy groups -OCH3 is 2. The maximum absolute atomic E-state index is 11.9. The molecule has 2 aliphatic carbocycles. The molecule has 2 aromatic rings. The van der Waals surface area contributed by atoms with E-state index in [0.29, 0.717) is 0 Å². The normalized spacial score (nSPS) is 19.8. The maximum Gasteiger partial charge on any atom is 0.309 e. The summed E-state index contributed by atoms with van der Waals surface area (Å²) >= 11 is 0. The minimum atomic E-state index is -0.130. The van der Waals surface area contributed by atoms with Crippen LogP contribution in [0.5, 0.6) is 0 Å². The highest BCUT2D eigenvalue weighted by molar-refractivity contribution is 8.76. The summed E-state index contributed by atoms with van der Waals surface area (Å²) in [5.74, 6) is -0.411. The number of esters is 2. The molecule has 0 bridgehead atoms. The third-order valence-corrected chi connectivity index (χ3v) is 8.12. The maximum atomic E-state index is 11.9. The molecule has 4 rings (SSSR count). The summed E-state index contributed by atoms with van der Waals surface area (Å²) in [6.45, 7) is 0. The van der Waals surface area contributed by atoms with Crippen molar-refractivity contribution in [2.45, 2.75) is 35.5 Å². The van der Waals surface area contributed by atoms with Gasteiger partial charge in [0.1, 0.15) is 0 Å². The second-order valence-corrected chi connectivity index (χ2v) is 9.42. The molecule has 6 heteroatoms. The van der Waals surface area contributed by atoms with Crippen molar-refractivity contribution >= 4 is 33.5 Å². The molecule has 0 radical (unpaired) electrons. The van der Waals surface area contributed by atoms with Crippen molar-refractivity contribution in [3.8, 4) is 0 Å². The Labute approximate surface area is 172 Å². The number of carbonyl (C=O) groups is 2. The number of ether oxygens (including phenoxy) is 2. The van der Waals surface area contributed by atoms with Crippen LogP contribution in [0.3, 0.4) is 0 Å². The van der Waals surface area contributed by atoms with Crippen molar-refractivity contribution in [2.75, 3.05) is 14.2 Å². The van der Waals surface area contributed by atoms with E-state index in [9.17, 15) is 9.59 Å². The van der Waals surface area contributed by atoms with E-state index in [4.69, 9.17) is 9.47 Å². The molecule has 0 amide bonds. The second-order valence-electron chi connectivity index (χ2n) is 7.21. The second kappa shape index (κ2) is 8.21. The smallest absolute Gasteiger partial charge is 0.309 e. The molecule has 146 valence electrons. The van der Waals surface area contributed by atoms with Crippen LogP contribution in [-0.4, -0.2) is 26.2 Å². The minimum Gasteiger partial charge on any atom is -0.469 e. The first kappa shape index (κ1) is 19.4. The average molecular weight is 415 g/mol. The molecule has 0 N–H and O–H groups in total. The molecule has 4 nitrogen and oxygen atoms in total. The van der Waals surface area contributed by atoms with E-state index in [1.54, 1.807) is 21.6 Å². The Morgan fingerprint density at radius 2 is 1.18 bits per heavy atom. The number of carbonyl (C=O) groups excluding carboxylic acids is 2. The summed E-state index contributed by atoms with van der Waals surface area (Å²) in [6, 6.07) is 12.6. The minimum absolute atomic E-state index is 0.0754. The molecule has 2 aliphatic rings. The summed E-state index contributed by atoms with van der Waals surface area (Å²) in [4.78, 5) is 26.3. The van der Waals surface area contributed by atoms with Gasteiger partial charge in [-0.1, -0.05) is 45.9 Å². The Kier molecular flexibility index (Phi) is 5.69. The van der Waals surface area contributed by atoms with Crippen LogP contribution in [-0.2, 0) is 44.7 Å². The van der Waals surface area contributed by atoms with Gasteiger partial charge in [-0.25, -0.2) is 0 Å². The lowest BCUT2D eigenvalue weighted by Crippen LogP contribution is -2.16. The Hall–Kier alpha value is -1.92. The molecule has 2 aromatic carbocycles. The number of hydrogen-bond donors (Lipinski definition) is 0. The van der Waals surface area contributed by atoms with Crippen molar-refractivity contribution in [1.29, 1.82) is 0 Å². The Bertz CT molecular complexity index is 849. The van der Waals surface area contributed by atoms with E-state index in [2.05, 4.69) is 36.4 Å². The predicted octanol–water partition coefficient (Wildman–Crippen LogP) is 4.26. The van der Waals surface area contributed by atoms with Crippen LogP contribution >= 0.6 is 21.6 Å². The van der Waals surface area contributed by atoms with Crippen molar-refractivity contribution < 1.29 is 19.1 Å². The SMILES string of the molecule is COC(=O)[C@@H]1Cc2cccc(SSc3cccc4c3C[C@@H](C(=O)OC)C4)c2C1.